The van der Waals surface area contributed by atoms with E-state index in [-0.39, 0.29) is 5.41 Å². The Hall–Kier alpha value is -1.49. The third kappa shape index (κ3) is 2.67. The number of benzene rings is 1. The first kappa shape index (κ1) is 13.0. The summed E-state index contributed by atoms with van der Waals surface area (Å²) >= 11 is 0. The van der Waals surface area contributed by atoms with E-state index >= 15 is 0 Å². The van der Waals surface area contributed by atoms with E-state index in [0.717, 1.165) is 5.56 Å². The van der Waals surface area contributed by atoms with Crippen LogP contribution in [0.5, 0.6) is 0 Å². The van der Waals surface area contributed by atoms with Gasteiger partial charge in [0.2, 0.25) is 0 Å². The average molecular weight is 266 g/mol. The van der Waals surface area contributed by atoms with Gasteiger partial charge in [-0.25, -0.2) is 0 Å². The second-order valence-electron chi connectivity index (χ2n) is 5.43. The zero-order valence-electron chi connectivity index (χ0n) is 10.8. The van der Waals surface area contributed by atoms with E-state index in [9.17, 15) is 8.42 Å². The summed E-state index contributed by atoms with van der Waals surface area (Å²) in [6, 6.07) is 8.05. The van der Waals surface area contributed by atoms with Gasteiger partial charge in [0.25, 0.3) is 0 Å². The number of hydrogen-bond acceptors (Lipinski definition) is 2. The second kappa shape index (κ2) is 4.31. The lowest BCUT2D eigenvalue weighted by Crippen LogP contribution is -2.28. The molecule has 1 aliphatic heterocycles. The number of nitrogens with one attached hydrogen (secondary N) is 1. The Labute approximate surface area is 108 Å². The summed E-state index contributed by atoms with van der Waals surface area (Å²) in [6.07, 6.45) is 2.96. The van der Waals surface area contributed by atoms with Crippen LogP contribution >= 0.6 is 0 Å². The summed E-state index contributed by atoms with van der Waals surface area (Å²) in [5.74, 6) is 0. The molecule has 0 saturated carbocycles. The van der Waals surface area contributed by atoms with Crippen LogP contribution in [0.3, 0.4) is 0 Å². The van der Waals surface area contributed by atoms with Crippen molar-refractivity contribution in [2.24, 2.45) is 0 Å². The van der Waals surface area contributed by atoms with Crippen molar-refractivity contribution in [1.82, 2.24) is 9.03 Å². The molecule has 0 aromatic heterocycles. The highest BCUT2D eigenvalue weighted by Crippen LogP contribution is 2.23. The van der Waals surface area contributed by atoms with Crippen molar-refractivity contribution in [2.75, 3.05) is 0 Å². The molecule has 0 saturated heterocycles. The minimum atomic E-state index is -3.35. The molecule has 1 aliphatic rings. The Balaban J connectivity index is 2.15. The molecule has 0 atom stereocenters. The van der Waals surface area contributed by atoms with Gasteiger partial charge in [0.1, 0.15) is 0 Å². The van der Waals surface area contributed by atoms with Gasteiger partial charge in [0.15, 0.2) is 0 Å². The standard InChI is InChI=1S/C13H18N2O2S/c1-13(2,3)12-6-4-11(5-7-12)10-15-9-8-14-18(15,16)17/h4-9,14H,10H2,1-3H3. The number of rotatable bonds is 2. The van der Waals surface area contributed by atoms with Gasteiger partial charge in [-0.1, -0.05) is 45.0 Å². The SMILES string of the molecule is CC(C)(C)c1ccc(CN2C=CNS2(=O)=O)cc1. The molecule has 4 nitrogen and oxygen atoms in total. The maximum atomic E-state index is 11.5. The molecular formula is C13H18N2O2S. The summed E-state index contributed by atoms with van der Waals surface area (Å²) in [5.41, 5.74) is 2.32. The van der Waals surface area contributed by atoms with Gasteiger partial charge in [-0.05, 0) is 16.5 Å². The summed E-state index contributed by atoms with van der Waals surface area (Å²) < 4.78 is 26.7. The fourth-order valence-electron chi connectivity index (χ4n) is 1.78. The Morgan fingerprint density at radius 2 is 1.78 bits per heavy atom. The van der Waals surface area contributed by atoms with Crippen LogP contribution in [0.1, 0.15) is 31.9 Å². The van der Waals surface area contributed by atoms with E-state index in [2.05, 4.69) is 37.6 Å². The first-order chi connectivity index (χ1) is 8.29. The molecule has 0 amide bonds. The van der Waals surface area contributed by atoms with Gasteiger partial charge in [-0.3, -0.25) is 9.03 Å². The number of nitrogens with zero attached hydrogens (tertiary/aromatic N) is 1. The van der Waals surface area contributed by atoms with E-state index in [1.807, 2.05) is 12.1 Å². The summed E-state index contributed by atoms with van der Waals surface area (Å²) in [4.78, 5) is 0. The van der Waals surface area contributed by atoms with Crippen molar-refractivity contribution >= 4 is 10.2 Å². The molecule has 0 fully saturated rings. The smallest absolute Gasteiger partial charge is 0.272 e. The quantitative estimate of drug-likeness (QED) is 0.891. The van der Waals surface area contributed by atoms with Gasteiger partial charge in [0.05, 0.1) is 6.54 Å². The van der Waals surface area contributed by atoms with Crippen LogP contribution in [0.15, 0.2) is 36.7 Å². The maximum Gasteiger partial charge on any atom is 0.323 e. The molecule has 0 aliphatic carbocycles. The van der Waals surface area contributed by atoms with E-state index in [4.69, 9.17) is 0 Å². The van der Waals surface area contributed by atoms with Gasteiger partial charge in [-0.15, -0.1) is 0 Å². The molecule has 1 heterocycles. The van der Waals surface area contributed by atoms with Crippen LogP contribution in [0.25, 0.3) is 0 Å². The Bertz CT molecular complexity index is 554. The van der Waals surface area contributed by atoms with E-state index < -0.39 is 10.2 Å². The van der Waals surface area contributed by atoms with Crippen LogP contribution in [-0.2, 0) is 22.2 Å². The van der Waals surface area contributed by atoms with Crippen molar-refractivity contribution in [1.29, 1.82) is 0 Å². The normalized spacial score (nSPS) is 17.8. The zero-order valence-corrected chi connectivity index (χ0v) is 11.7. The van der Waals surface area contributed by atoms with Gasteiger partial charge in [-0.2, -0.15) is 8.42 Å². The first-order valence-electron chi connectivity index (χ1n) is 5.84. The predicted molar refractivity (Wildman–Crippen MR) is 71.9 cm³/mol. The molecule has 0 spiro atoms. The largest absolute Gasteiger partial charge is 0.323 e. The van der Waals surface area contributed by atoms with Crippen LogP contribution in [0, 0.1) is 0 Å². The molecule has 18 heavy (non-hydrogen) atoms. The van der Waals surface area contributed by atoms with Crippen molar-refractivity contribution < 1.29 is 8.42 Å². The minimum Gasteiger partial charge on any atom is -0.272 e. The molecule has 0 radical (unpaired) electrons. The second-order valence-corrected chi connectivity index (χ2v) is 7.09. The summed E-state index contributed by atoms with van der Waals surface area (Å²) in [5, 5.41) is 0. The Morgan fingerprint density at radius 3 is 2.22 bits per heavy atom. The van der Waals surface area contributed by atoms with Crippen molar-refractivity contribution in [3.8, 4) is 0 Å². The van der Waals surface area contributed by atoms with E-state index in [0.29, 0.717) is 6.54 Å². The monoisotopic (exact) mass is 266 g/mol. The number of hydrogen-bond donors (Lipinski definition) is 1. The fourth-order valence-corrected chi connectivity index (χ4v) is 2.68. The van der Waals surface area contributed by atoms with Crippen molar-refractivity contribution in [2.45, 2.75) is 32.7 Å². The molecule has 0 unspecified atom stereocenters. The molecular weight excluding hydrogens is 248 g/mol. The molecule has 0 bridgehead atoms. The highest BCUT2D eigenvalue weighted by molar-refractivity contribution is 7.87. The molecule has 1 N–H and O–H groups in total. The minimum absolute atomic E-state index is 0.111. The van der Waals surface area contributed by atoms with Gasteiger partial charge < -0.3 is 0 Å². The topological polar surface area (TPSA) is 49.4 Å². The lowest BCUT2D eigenvalue weighted by molar-refractivity contribution is 0.501. The van der Waals surface area contributed by atoms with Crippen LogP contribution in [-0.4, -0.2) is 12.7 Å². The van der Waals surface area contributed by atoms with Gasteiger partial charge in [0, 0.05) is 12.4 Å². The van der Waals surface area contributed by atoms with E-state index in [1.54, 1.807) is 0 Å². The zero-order chi connectivity index (χ0) is 13.4. The third-order valence-electron chi connectivity index (χ3n) is 2.92. The molecule has 5 heteroatoms. The van der Waals surface area contributed by atoms with Crippen LogP contribution in [0.4, 0.5) is 0 Å². The molecule has 1 aromatic rings. The molecule has 98 valence electrons. The third-order valence-corrected chi connectivity index (χ3v) is 4.23. The van der Waals surface area contributed by atoms with E-state index in [1.165, 1.54) is 22.3 Å². The van der Waals surface area contributed by atoms with Crippen molar-refractivity contribution in [3.63, 3.8) is 0 Å². The van der Waals surface area contributed by atoms with Crippen LogP contribution < -0.4 is 4.72 Å². The molecule has 2 rings (SSSR count). The summed E-state index contributed by atoms with van der Waals surface area (Å²) in [7, 11) is -3.35. The van der Waals surface area contributed by atoms with Crippen molar-refractivity contribution in [3.05, 3.63) is 47.8 Å². The highest BCUT2D eigenvalue weighted by Gasteiger charge is 2.21. The summed E-state index contributed by atoms with van der Waals surface area (Å²) in [6.45, 7) is 6.81. The lowest BCUT2D eigenvalue weighted by atomic mass is 9.87. The molecule has 1 aromatic carbocycles. The lowest BCUT2D eigenvalue weighted by Gasteiger charge is -2.20. The average Bonchev–Trinajstić information content (AvgIpc) is 2.58. The van der Waals surface area contributed by atoms with Gasteiger partial charge >= 0.3 is 10.2 Å². The predicted octanol–water partition coefficient (Wildman–Crippen LogP) is 2.11. The first-order valence-corrected chi connectivity index (χ1v) is 7.28. The fraction of sp³-hybridized carbons (Fsp3) is 0.385. The Morgan fingerprint density at radius 1 is 1.17 bits per heavy atom. The highest BCUT2D eigenvalue weighted by atomic mass is 32.2. The Kier molecular flexibility index (Phi) is 3.11. The maximum absolute atomic E-state index is 11.5. The van der Waals surface area contributed by atoms with Crippen LogP contribution in [0.2, 0.25) is 0 Å².